The van der Waals surface area contributed by atoms with Crippen molar-refractivity contribution in [2.45, 2.75) is 31.8 Å². The van der Waals surface area contributed by atoms with E-state index in [1.807, 2.05) is 6.92 Å². The number of fused-ring (bicyclic) bond motifs is 1. The molecule has 31 heavy (non-hydrogen) atoms. The maximum Gasteiger partial charge on any atom is 0.329 e. The third-order valence-corrected chi connectivity index (χ3v) is 6.35. The van der Waals surface area contributed by atoms with Gasteiger partial charge < -0.3 is 9.47 Å². The summed E-state index contributed by atoms with van der Waals surface area (Å²) in [4.78, 5) is 13.5. The van der Waals surface area contributed by atoms with Gasteiger partial charge in [0.25, 0.3) is 0 Å². The van der Waals surface area contributed by atoms with Crippen LogP contribution in [0.3, 0.4) is 0 Å². The van der Waals surface area contributed by atoms with Crippen molar-refractivity contribution in [2.75, 3.05) is 25.7 Å². The number of imidazole rings is 1. The van der Waals surface area contributed by atoms with Gasteiger partial charge in [0.2, 0.25) is 0 Å². The summed E-state index contributed by atoms with van der Waals surface area (Å²) in [6, 6.07) is 8.48. The minimum absolute atomic E-state index is 0.00628. The van der Waals surface area contributed by atoms with Crippen LogP contribution in [-0.4, -0.2) is 43.3 Å². The highest BCUT2D eigenvalue weighted by Gasteiger charge is 2.32. The Morgan fingerprint density at radius 1 is 1.13 bits per heavy atom. The van der Waals surface area contributed by atoms with Gasteiger partial charge in [0.05, 0.1) is 36.5 Å². The number of nitrogens with zero attached hydrogens (tertiary/aromatic N) is 2. The van der Waals surface area contributed by atoms with E-state index in [2.05, 4.69) is 0 Å². The summed E-state index contributed by atoms with van der Waals surface area (Å²) in [7, 11) is -1.94. The molecule has 1 fully saturated rings. The highest BCUT2D eigenvalue weighted by atomic mass is 32.2. The molecule has 1 aliphatic carbocycles. The van der Waals surface area contributed by atoms with Gasteiger partial charge in [-0.3, -0.25) is 9.13 Å². The summed E-state index contributed by atoms with van der Waals surface area (Å²) in [6.45, 7) is 2.24. The van der Waals surface area contributed by atoms with Crippen molar-refractivity contribution in [1.29, 1.82) is 0 Å². The molecule has 1 saturated carbocycles. The van der Waals surface area contributed by atoms with Crippen molar-refractivity contribution in [2.24, 2.45) is 0 Å². The Morgan fingerprint density at radius 3 is 2.48 bits per heavy atom. The third-order valence-electron chi connectivity index (χ3n) is 5.43. The Labute approximate surface area is 179 Å². The van der Waals surface area contributed by atoms with Gasteiger partial charge in [-0.2, -0.15) is 0 Å². The lowest BCUT2D eigenvalue weighted by Gasteiger charge is -2.20. The van der Waals surface area contributed by atoms with E-state index in [9.17, 15) is 17.6 Å². The Morgan fingerprint density at radius 2 is 1.87 bits per heavy atom. The number of benzene rings is 2. The second-order valence-electron chi connectivity index (χ2n) is 7.84. The van der Waals surface area contributed by atoms with Crippen LogP contribution in [0.4, 0.5) is 4.39 Å². The SMILES string of the molecule is CCOc1cc(C(CS(C)(=O)=O)n2c(=O)n(C3CC3)c3cc(F)ccc32)ccc1OC. The van der Waals surface area contributed by atoms with Crippen LogP contribution in [0, 0.1) is 5.82 Å². The molecule has 3 aromatic rings. The Balaban J connectivity index is 1.97. The van der Waals surface area contributed by atoms with E-state index in [0.717, 1.165) is 19.1 Å². The van der Waals surface area contributed by atoms with E-state index in [1.165, 1.54) is 29.9 Å². The van der Waals surface area contributed by atoms with Crippen LogP contribution in [0.15, 0.2) is 41.2 Å². The first kappa shape index (κ1) is 21.4. The van der Waals surface area contributed by atoms with Gasteiger partial charge in [-0.25, -0.2) is 17.6 Å². The number of hydrogen-bond donors (Lipinski definition) is 0. The van der Waals surface area contributed by atoms with Gasteiger partial charge in [-0.1, -0.05) is 6.07 Å². The molecule has 9 heteroatoms. The Kier molecular flexibility index (Phi) is 5.55. The molecular formula is C22H25FN2O5S. The highest BCUT2D eigenvalue weighted by Crippen LogP contribution is 2.38. The molecule has 1 aliphatic rings. The van der Waals surface area contributed by atoms with E-state index in [1.54, 1.807) is 22.8 Å². The lowest BCUT2D eigenvalue weighted by molar-refractivity contribution is 0.310. The second kappa shape index (κ2) is 8.03. The number of ether oxygens (including phenoxy) is 2. The van der Waals surface area contributed by atoms with Crippen molar-refractivity contribution in [3.05, 3.63) is 58.3 Å². The van der Waals surface area contributed by atoms with Gasteiger partial charge in [0.15, 0.2) is 11.5 Å². The van der Waals surface area contributed by atoms with Crippen molar-refractivity contribution in [3.63, 3.8) is 0 Å². The van der Waals surface area contributed by atoms with E-state index in [4.69, 9.17) is 9.47 Å². The van der Waals surface area contributed by atoms with E-state index in [0.29, 0.717) is 34.7 Å². The molecule has 1 aromatic heterocycles. The lowest BCUT2D eigenvalue weighted by Crippen LogP contribution is -2.31. The van der Waals surface area contributed by atoms with Crippen LogP contribution in [-0.2, 0) is 9.84 Å². The third kappa shape index (κ3) is 4.19. The second-order valence-corrected chi connectivity index (χ2v) is 10.0. The van der Waals surface area contributed by atoms with Crippen molar-refractivity contribution in [1.82, 2.24) is 9.13 Å². The van der Waals surface area contributed by atoms with Crippen LogP contribution in [0.5, 0.6) is 11.5 Å². The summed E-state index contributed by atoms with van der Waals surface area (Å²) in [5, 5.41) is 0. The maximum absolute atomic E-state index is 14.0. The van der Waals surface area contributed by atoms with Crippen LogP contribution in [0.1, 0.15) is 37.4 Å². The molecular weight excluding hydrogens is 423 g/mol. The summed E-state index contributed by atoms with van der Waals surface area (Å²) in [5.74, 6) is 0.248. The van der Waals surface area contributed by atoms with E-state index >= 15 is 0 Å². The number of hydrogen-bond acceptors (Lipinski definition) is 5. The zero-order chi connectivity index (χ0) is 22.3. The quantitative estimate of drug-likeness (QED) is 0.528. The summed E-state index contributed by atoms with van der Waals surface area (Å²) in [5.41, 5.74) is 1.23. The van der Waals surface area contributed by atoms with Gasteiger partial charge in [-0.15, -0.1) is 0 Å². The average Bonchev–Trinajstić information content (AvgIpc) is 3.49. The van der Waals surface area contributed by atoms with Crippen molar-refractivity contribution >= 4 is 20.9 Å². The smallest absolute Gasteiger partial charge is 0.329 e. The fourth-order valence-corrected chi connectivity index (χ4v) is 4.89. The summed E-state index contributed by atoms with van der Waals surface area (Å²) < 4.78 is 52.7. The van der Waals surface area contributed by atoms with Crippen LogP contribution < -0.4 is 15.2 Å². The molecule has 0 amide bonds. The fourth-order valence-electron chi connectivity index (χ4n) is 3.98. The summed E-state index contributed by atoms with van der Waals surface area (Å²) >= 11 is 0. The molecule has 0 spiro atoms. The number of rotatable bonds is 8. The van der Waals surface area contributed by atoms with Gasteiger partial charge in [0, 0.05) is 12.3 Å². The first-order valence-electron chi connectivity index (χ1n) is 10.1. The van der Waals surface area contributed by atoms with Gasteiger partial charge in [0.1, 0.15) is 15.7 Å². The topological polar surface area (TPSA) is 79.5 Å². The Bertz CT molecular complexity index is 1290. The highest BCUT2D eigenvalue weighted by molar-refractivity contribution is 7.90. The monoisotopic (exact) mass is 448 g/mol. The van der Waals surface area contributed by atoms with Crippen molar-refractivity contribution in [3.8, 4) is 11.5 Å². The Hall–Kier alpha value is -2.81. The van der Waals surface area contributed by atoms with Crippen molar-refractivity contribution < 1.29 is 22.3 Å². The standard InChI is InChI=1S/C22H25FN2O5S/c1-4-30-21-11-14(5-10-20(21)29-2)19(13-31(3,27)28)25-17-9-6-15(23)12-18(17)24(22(25)26)16-7-8-16/h5-6,9-12,16,19H,4,7-8,13H2,1-3H3. The lowest BCUT2D eigenvalue weighted by atomic mass is 10.1. The van der Waals surface area contributed by atoms with E-state index < -0.39 is 21.7 Å². The fraction of sp³-hybridized carbons (Fsp3) is 0.409. The predicted molar refractivity (Wildman–Crippen MR) is 116 cm³/mol. The molecule has 1 heterocycles. The van der Waals surface area contributed by atoms with E-state index in [-0.39, 0.29) is 17.5 Å². The van der Waals surface area contributed by atoms with Gasteiger partial charge >= 0.3 is 5.69 Å². The molecule has 4 rings (SSSR count). The van der Waals surface area contributed by atoms with Crippen LogP contribution in [0.2, 0.25) is 0 Å². The van der Waals surface area contributed by atoms with Gasteiger partial charge in [-0.05, 0) is 55.7 Å². The average molecular weight is 449 g/mol. The van der Waals surface area contributed by atoms with Crippen LogP contribution in [0.25, 0.3) is 11.0 Å². The molecule has 0 N–H and O–H groups in total. The minimum atomic E-state index is -3.46. The molecule has 1 unspecified atom stereocenters. The largest absolute Gasteiger partial charge is 0.493 e. The first-order valence-corrected chi connectivity index (χ1v) is 12.2. The zero-order valence-corrected chi connectivity index (χ0v) is 18.5. The number of sulfone groups is 1. The molecule has 2 aromatic carbocycles. The molecule has 0 saturated heterocycles. The predicted octanol–water partition coefficient (Wildman–Crippen LogP) is 3.32. The van der Waals surface area contributed by atoms with Crippen LogP contribution >= 0.6 is 0 Å². The molecule has 166 valence electrons. The first-order chi connectivity index (χ1) is 14.7. The maximum atomic E-state index is 14.0. The molecule has 7 nitrogen and oxygen atoms in total. The summed E-state index contributed by atoms with van der Waals surface area (Å²) in [6.07, 6.45) is 2.81. The molecule has 0 radical (unpaired) electrons. The normalized spacial score (nSPS) is 15.2. The molecule has 0 bridgehead atoms. The number of methoxy groups -OCH3 is 1. The molecule has 0 aliphatic heterocycles. The zero-order valence-electron chi connectivity index (χ0n) is 17.7. The number of halogens is 1. The molecule has 1 atom stereocenters. The minimum Gasteiger partial charge on any atom is -0.493 e. The number of aromatic nitrogens is 2.